The van der Waals surface area contributed by atoms with Gasteiger partial charge in [0.05, 0.1) is 31.5 Å². The van der Waals surface area contributed by atoms with E-state index in [4.69, 9.17) is 10.00 Å². The molecule has 0 spiro atoms. The summed E-state index contributed by atoms with van der Waals surface area (Å²) in [6.45, 7) is 1.75. The molecule has 2 aromatic carbocycles. The van der Waals surface area contributed by atoms with Crippen molar-refractivity contribution in [3.05, 3.63) is 54.1 Å². The summed E-state index contributed by atoms with van der Waals surface area (Å²) in [7, 11) is -2.18. The molecule has 148 valence electrons. The number of amides is 1. The van der Waals surface area contributed by atoms with Gasteiger partial charge in [-0.25, -0.2) is 8.42 Å². The van der Waals surface area contributed by atoms with E-state index in [1.54, 1.807) is 55.5 Å². The van der Waals surface area contributed by atoms with Gasteiger partial charge in [0, 0.05) is 5.69 Å². The number of nitrogens with one attached hydrogen (secondary N) is 1. The van der Waals surface area contributed by atoms with Crippen LogP contribution in [0.5, 0.6) is 5.75 Å². The van der Waals surface area contributed by atoms with Gasteiger partial charge in [-0.05, 0) is 48.4 Å². The monoisotopic (exact) mass is 401 g/mol. The van der Waals surface area contributed by atoms with Crippen LogP contribution in [0, 0.1) is 11.3 Å². The molecule has 2 rings (SSSR count). The Morgan fingerprint density at radius 1 is 1.18 bits per heavy atom. The van der Waals surface area contributed by atoms with Gasteiger partial charge in [-0.15, -0.1) is 0 Å². The summed E-state index contributed by atoms with van der Waals surface area (Å²) in [5.41, 5.74) is 1.76. The van der Waals surface area contributed by atoms with E-state index in [-0.39, 0.29) is 12.8 Å². The number of hydrogen-bond acceptors (Lipinski definition) is 5. The van der Waals surface area contributed by atoms with Gasteiger partial charge in [0.1, 0.15) is 11.8 Å². The molecule has 2 aromatic rings. The van der Waals surface area contributed by atoms with E-state index in [2.05, 4.69) is 11.4 Å². The van der Waals surface area contributed by atoms with Gasteiger partial charge in [0.25, 0.3) is 0 Å². The predicted molar refractivity (Wildman–Crippen MR) is 109 cm³/mol. The number of sulfonamides is 1. The molecule has 0 fully saturated rings. The summed E-state index contributed by atoms with van der Waals surface area (Å²) in [5, 5.41) is 11.5. The molecule has 8 heteroatoms. The minimum absolute atomic E-state index is 0.283. The second kappa shape index (κ2) is 9.24. The van der Waals surface area contributed by atoms with Crippen molar-refractivity contribution in [1.29, 1.82) is 5.26 Å². The number of hydrogen-bond donors (Lipinski definition) is 1. The number of benzene rings is 2. The minimum Gasteiger partial charge on any atom is -0.497 e. The molecule has 0 aliphatic heterocycles. The molecule has 0 unspecified atom stereocenters. The van der Waals surface area contributed by atoms with E-state index < -0.39 is 22.0 Å². The highest BCUT2D eigenvalue weighted by Crippen LogP contribution is 2.25. The first-order valence-electron chi connectivity index (χ1n) is 8.70. The molecule has 0 heterocycles. The van der Waals surface area contributed by atoms with E-state index in [1.165, 1.54) is 7.11 Å². The van der Waals surface area contributed by atoms with Crippen LogP contribution in [-0.2, 0) is 21.2 Å². The van der Waals surface area contributed by atoms with Gasteiger partial charge >= 0.3 is 0 Å². The molecule has 1 amide bonds. The Morgan fingerprint density at radius 2 is 1.79 bits per heavy atom. The second-order valence-corrected chi connectivity index (χ2v) is 8.06. The molecule has 1 atom stereocenters. The highest BCUT2D eigenvalue weighted by Gasteiger charge is 2.31. The highest BCUT2D eigenvalue weighted by molar-refractivity contribution is 7.92. The fourth-order valence-electron chi connectivity index (χ4n) is 2.81. The summed E-state index contributed by atoms with van der Waals surface area (Å²) < 4.78 is 31.1. The first-order chi connectivity index (χ1) is 13.3. The molecule has 0 aliphatic rings. The van der Waals surface area contributed by atoms with Crippen molar-refractivity contribution in [3.8, 4) is 11.8 Å². The van der Waals surface area contributed by atoms with Crippen LogP contribution in [0.1, 0.15) is 18.9 Å². The van der Waals surface area contributed by atoms with Crippen LogP contribution in [-0.4, -0.2) is 33.7 Å². The van der Waals surface area contributed by atoms with Gasteiger partial charge in [-0.3, -0.25) is 9.10 Å². The van der Waals surface area contributed by atoms with Crippen molar-refractivity contribution in [1.82, 2.24) is 0 Å². The lowest BCUT2D eigenvalue weighted by Crippen LogP contribution is -2.46. The molecule has 0 bridgehead atoms. The lowest BCUT2D eigenvalue weighted by Gasteiger charge is -2.30. The molecule has 28 heavy (non-hydrogen) atoms. The fraction of sp³-hybridized carbons (Fsp3) is 0.300. The molecule has 0 aliphatic carbocycles. The van der Waals surface area contributed by atoms with Gasteiger partial charge in [-0.1, -0.05) is 19.1 Å². The number of carbonyl (C=O) groups is 1. The van der Waals surface area contributed by atoms with Gasteiger partial charge in [0.15, 0.2) is 0 Å². The van der Waals surface area contributed by atoms with E-state index >= 15 is 0 Å². The Kier molecular flexibility index (Phi) is 7.01. The summed E-state index contributed by atoms with van der Waals surface area (Å²) in [6, 6.07) is 14.5. The van der Waals surface area contributed by atoms with Crippen molar-refractivity contribution >= 4 is 27.3 Å². The van der Waals surface area contributed by atoms with E-state index in [1.807, 2.05) is 0 Å². The number of carbonyl (C=O) groups excluding carboxylic acids is 1. The molecule has 0 aromatic heterocycles. The lowest BCUT2D eigenvalue weighted by molar-refractivity contribution is -0.117. The fourth-order valence-corrected chi connectivity index (χ4v) is 4.02. The molecule has 7 nitrogen and oxygen atoms in total. The van der Waals surface area contributed by atoms with E-state index in [0.717, 1.165) is 16.1 Å². The molecule has 0 radical (unpaired) electrons. The van der Waals surface area contributed by atoms with Crippen LogP contribution >= 0.6 is 0 Å². The van der Waals surface area contributed by atoms with Gasteiger partial charge in [0.2, 0.25) is 15.9 Å². The standard InChI is InChI=1S/C20H23N3O4S/c1-4-19(20(24)22-16-7-5-15(6-8-16)13-14-21)23(28(3,25)26)17-9-11-18(27-2)12-10-17/h5-12,19H,4,13H2,1-3H3,(H,22,24)/t19-/m0/s1. The molecule has 1 N–H and O–H groups in total. The smallest absolute Gasteiger partial charge is 0.248 e. The zero-order valence-electron chi connectivity index (χ0n) is 16.0. The average molecular weight is 401 g/mol. The number of nitrogens with zero attached hydrogens (tertiary/aromatic N) is 2. The Balaban J connectivity index is 2.29. The van der Waals surface area contributed by atoms with E-state index in [0.29, 0.717) is 17.1 Å². The molecular weight excluding hydrogens is 378 g/mol. The normalized spacial score (nSPS) is 11.9. The first-order valence-corrected chi connectivity index (χ1v) is 10.5. The van der Waals surface area contributed by atoms with Crippen LogP contribution in [0.25, 0.3) is 0 Å². The number of nitriles is 1. The Hall–Kier alpha value is -3.05. The van der Waals surface area contributed by atoms with Crippen LogP contribution in [0.3, 0.4) is 0 Å². The maximum atomic E-state index is 12.8. The Bertz CT molecular complexity index is 948. The summed E-state index contributed by atoms with van der Waals surface area (Å²) in [5.74, 6) is 0.156. The zero-order valence-corrected chi connectivity index (χ0v) is 16.9. The maximum Gasteiger partial charge on any atom is 0.248 e. The quantitative estimate of drug-likeness (QED) is 0.733. The van der Waals surface area contributed by atoms with Crippen molar-refractivity contribution in [2.45, 2.75) is 25.8 Å². The zero-order chi connectivity index (χ0) is 20.7. The summed E-state index contributed by atoms with van der Waals surface area (Å²) >= 11 is 0. The average Bonchev–Trinajstić information content (AvgIpc) is 2.67. The molecule has 0 saturated heterocycles. The first kappa shape index (κ1) is 21.3. The number of ether oxygens (including phenoxy) is 1. The number of anilines is 2. The van der Waals surface area contributed by atoms with Crippen molar-refractivity contribution in [2.24, 2.45) is 0 Å². The van der Waals surface area contributed by atoms with Crippen molar-refractivity contribution < 1.29 is 17.9 Å². The minimum atomic E-state index is -3.70. The third-order valence-corrected chi connectivity index (χ3v) is 5.34. The van der Waals surface area contributed by atoms with Crippen LogP contribution in [0.4, 0.5) is 11.4 Å². The van der Waals surface area contributed by atoms with Crippen LogP contribution < -0.4 is 14.4 Å². The van der Waals surface area contributed by atoms with Crippen molar-refractivity contribution in [2.75, 3.05) is 23.0 Å². The summed E-state index contributed by atoms with van der Waals surface area (Å²) in [4.78, 5) is 12.8. The Labute approximate surface area is 165 Å². The molecule has 0 saturated carbocycles. The number of rotatable bonds is 8. The van der Waals surface area contributed by atoms with Crippen LogP contribution in [0.2, 0.25) is 0 Å². The topological polar surface area (TPSA) is 99.5 Å². The van der Waals surface area contributed by atoms with Gasteiger partial charge in [-0.2, -0.15) is 5.26 Å². The number of methoxy groups -OCH3 is 1. The molecular formula is C20H23N3O4S. The SMILES string of the molecule is CC[C@@H](C(=O)Nc1ccc(CC#N)cc1)N(c1ccc(OC)cc1)S(C)(=O)=O. The second-order valence-electron chi connectivity index (χ2n) is 6.20. The third kappa shape index (κ3) is 5.24. The third-order valence-electron chi connectivity index (χ3n) is 4.16. The largest absolute Gasteiger partial charge is 0.497 e. The Morgan fingerprint density at radius 3 is 2.25 bits per heavy atom. The lowest BCUT2D eigenvalue weighted by atomic mass is 10.1. The van der Waals surface area contributed by atoms with Crippen molar-refractivity contribution in [3.63, 3.8) is 0 Å². The maximum absolute atomic E-state index is 12.8. The van der Waals surface area contributed by atoms with Gasteiger partial charge < -0.3 is 10.1 Å². The predicted octanol–water partition coefficient (Wildman–Crippen LogP) is 2.94. The summed E-state index contributed by atoms with van der Waals surface area (Å²) in [6.07, 6.45) is 1.65. The van der Waals surface area contributed by atoms with Crippen LogP contribution in [0.15, 0.2) is 48.5 Å². The highest BCUT2D eigenvalue weighted by atomic mass is 32.2. The van der Waals surface area contributed by atoms with E-state index in [9.17, 15) is 13.2 Å².